The predicted octanol–water partition coefficient (Wildman–Crippen LogP) is 2.79. The van der Waals surface area contributed by atoms with E-state index < -0.39 is 0 Å². The first-order chi connectivity index (χ1) is 11.3. The number of thiazole rings is 1. The summed E-state index contributed by atoms with van der Waals surface area (Å²) < 4.78 is 5.08. The molecule has 0 bridgehead atoms. The number of aromatic nitrogens is 1. The van der Waals surface area contributed by atoms with Gasteiger partial charge in [0.25, 0.3) is 0 Å². The largest absolute Gasteiger partial charge is 0.472 e. The third-order valence-electron chi connectivity index (χ3n) is 4.42. The zero-order valence-electron chi connectivity index (χ0n) is 13.5. The second-order valence-electron chi connectivity index (χ2n) is 6.05. The van der Waals surface area contributed by atoms with Gasteiger partial charge >= 0.3 is 0 Å². The van der Waals surface area contributed by atoms with Gasteiger partial charge in [-0.25, -0.2) is 4.98 Å². The molecule has 1 fully saturated rings. The van der Waals surface area contributed by atoms with Gasteiger partial charge in [-0.15, -0.1) is 11.3 Å². The first-order valence-electron chi connectivity index (χ1n) is 8.15. The number of nitrogens with one attached hydrogen (secondary N) is 1. The molecular weight excluding hydrogens is 310 g/mol. The Morgan fingerprint density at radius 3 is 3.00 bits per heavy atom. The van der Waals surface area contributed by atoms with E-state index in [4.69, 9.17) is 4.42 Å². The Labute approximate surface area is 140 Å². The minimum absolute atomic E-state index is 0.195. The summed E-state index contributed by atoms with van der Waals surface area (Å²) in [6.45, 7) is 2.83. The molecule has 2 aromatic rings. The highest BCUT2D eigenvalue weighted by Crippen LogP contribution is 2.25. The van der Waals surface area contributed by atoms with Gasteiger partial charge in [-0.2, -0.15) is 0 Å². The summed E-state index contributed by atoms with van der Waals surface area (Å²) in [4.78, 5) is 19.0. The zero-order valence-corrected chi connectivity index (χ0v) is 14.3. The number of likely N-dealkylation sites (tertiary alicyclic amines) is 1. The van der Waals surface area contributed by atoms with Crippen LogP contribution < -0.4 is 5.32 Å². The Hall–Kier alpha value is -1.66. The minimum Gasteiger partial charge on any atom is -0.472 e. The topological polar surface area (TPSA) is 58.4 Å². The molecule has 3 heterocycles. The molecule has 2 aromatic heterocycles. The van der Waals surface area contributed by atoms with E-state index >= 15 is 0 Å². The van der Waals surface area contributed by atoms with Gasteiger partial charge in [-0.05, 0) is 44.8 Å². The Kier molecular flexibility index (Phi) is 5.46. The highest BCUT2D eigenvalue weighted by Gasteiger charge is 2.23. The Balaban J connectivity index is 1.50. The van der Waals surface area contributed by atoms with Crippen LogP contribution in [-0.2, 0) is 11.2 Å². The lowest BCUT2D eigenvalue weighted by Gasteiger charge is -2.32. The molecule has 3 rings (SSSR count). The zero-order chi connectivity index (χ0) is 16.1. The van der Waals surface area contributed by atoms with Crippen LogP contribution in [0.3, 0.4) is 0 Å². The molecule has 0 atom stereocenters. The van der Waals surface area contributed by atoms with Gasteiger partial charge in [0, 0.05) is 24.0 Å². The van der Waals surface area contributed by atoms with Crippen molar-refractivity contribution in [1.82, 2.24) is 15.2 Å². The molecule has 124 valence electrons. The summed E-state index contributed by atoms with van der Waals surface area (Å²) in [6, 6.07) is 1.89. The molecule has 23 heavy (non-hydrogen) atoms. The van der Waals surface area contributed by atoms with Crippen molar-refractivity contribution in [2.24, 2.45) is 5.92 Å². The monoisotopic (exact) mass is 333 g/mol. The van der Waals surface area contributed by atoms with Crippen LogP contribution in [0.4, 0.5) is 0 Å². The van der Waals surface area contributed by atoms with Gasteiger partial charge in [0.2, 0.25) is 5.91 Å². The van der Waals surface area contributed by atoms with Gasteiger partial charge in [-0.3, -0.25) is 4.79 Å². The van der Waals surface area contributed by atoms with E-state index in [9.17, 15) is 4.79 Å². The number of piperidine rings is 1. The molecule has 0 aliphatic carbocycles. The molecule has 1 aliphatic heterocycles. The molecule has 6 heteroatoms. The van der Waals surface area contributed by atoms with Crippen molar-refractivity contribution in [3.05, 3.63) is 29.7 Å². The maximum absolute atomic E-state index is 12.4. The number of carbonyl (C=O) groups is 1. The molecular formula is C17H23N3O2S. The SMILES string of the molecule is CNCCC1CCN(C(=O)Cc2csc(-c3ccoc3)n2)CC1. The van der Waals surface area contributed by atoms with E-state index in [2.05, 4.69) is 10.3 Å². The van der Waals surface area contributed by atoms with Crippen LogP contribution in [0.2, 0.25) is 0 Å². The Bertz CT molecular complexity index is 616. The molecule has 5 nitrogen and oxygen atoms in total. The third kappa shape index (κ3) is 4.20. The van der Waals surface area contributed by atoms with Gasteiger partial charge < -0.3 is 14.6 Å². The van der Waals surface area contributed by atoms with Crippen LogP contribution in [0.1, 0.15) is 25.0 Å². The number of rotatable bonds is 6. The smallest absolute Gasteiger partial charge is 0.228 e. The number of nitrogens with zero attached hydrogens (tertiary/aromatic N) is 2. The quantitative estimate of drug-likeness (QED) is 0.883. The molecule has 1 aliphatic rings. The fraction of sp³-hybridized carbons (Fsp3) is 0.529. The number of carbonyl (C=O) groups excluding carboxylic acids is 1. The number of furan rings is 1. The standard InChI is InChI=1S/C17H23N3O2S/c1-18-6-2-13-3-7-20(8-4-13)16(21)10-15-12-23-17(19-15)14-5-9-22-11-14/h5,9,11-13,18H,2-4,6-8,10H2,1H3. The number of hydrogen-bond acceptors (Lipinski definition) is 5. The van der Waals surface area contributed by atoms with E-state index in [1.165, 1.54) is 6.42 Å². The molecule has 1 N–H and O–H groups in total. The molecule has 0 saturated carbocycles. The van der Waals surface area contributed by atoms with Crippen molar-refractivity contribution >= 4 is 17.2 Å². The van der Waals surface area contributed by atoms with Gasteiger partial charge in [0.1, 0.15) is 11.3 Å². The molecule has 1 amide bonds. The fourth-order valence-electron chi connectivity index (χ4n) is 2.99. The normalized spacial score (nSPS) is 16.0. The van der Waals surface area contributed by atoms with E-state index in [1.807, 2.05) is 23.4 Å². The highest BCUT2D eigenvalue weighted by atomic mass is 32.1. The second-order valence-corrected chi connectivity index (χ2v) is 6.91. The number of hydrogen-bond donors (Lipinski definition) is 1. The minimum atomic E-state index is 0.195. The average molecular weight is 333 g/mol. The van der Waals surface area contributed by atoms with Crippen molar-refractivity contribution in [1.29, 1.82) is 0 Å². The summed E-state index contributed by atoms with van der Waals surface area (Å²) in [6.07, 6.45) is 7.16. The van der Waals surface area contributed by atoms with E-state index in [1.54, 1.807) is 23.9 Å². The predicted molar refractivity (Wildman–Crippen MR) is 91.4 cm³/mol. The summed E-state index contributed by atoms with van der Waals surface area (Å²) in [7, 11) is 1.99. The van der Waals surface area contributed by atoms with Crippen LogP contribution >= 0.6 is 11.3 Å². The summed E-state index contributed by atoms with van der Waals surface area (Å²) in [5.41, 5.74) is 1.83. The molecule has 0 radical (unpaired) electrons. The van der Waals surface area contributed by atoms with Crippen molar-refractivity contribution in [3.63, 3.8) is 0 Å². The summed E-state index contributed by atoms with van der Waals surface area (Å²) >= 11 is 1.56. The van der Waals surface area contributed by atoms with Crippen LogP contribution in [0.15, 0.2) is 28.4 Å². The Morgan fingerprint density at radius 1 is 1.48 bits per heavy atom. The first kappa shape index (κ1) is 16.2. The van der Waals surface area contributed by atoms with Crippen LogP contribution in [0, 0.1) is 5.92 Å². The van der Waals surface area contributed by atoms with Gasteiger partial charge in [0.15, 0.2) is 0 Å². The van der Waals surface area contributed by atoms with E-state index in [-0.39, 0.29) is 5.91 Å². The van der Waals surface area contributed by atoms with Crippen LogP contribution in [0.5, 0.6) is 0 Å². The molecule has 0 unspecified atom stereocenters. The van der Waals surface area contributed by atoms with Crippen molar-refractivity contribution in [3.8, 4) is 10.6 Å². The van der Waals surface area contributed by atoms with Gasteiger partial charge in [-0.1, -0.05) is 0 Å². The molecule has 0 spiro atoms. The van der Waals surface area contributed by atoms with Crippen molar-refractivity contribution < 1.29 is 9.21 Å². The lowest BCUT2D eigenvalue weighted by molar-refractivity contribution is -0.131. The molecule has 0 aromatic carbocycles. The average Bonchev–Trinajstić information content (AvgIpc) is 3.24. The van der Waals surface area contributed by atoms with E-state index in [0.29, 0.717) is 6.42 Å². The first-order valence-corrected chi connectivity index (χ1v) is 9.03. The van der Waals surface area contributed by atoms with E-state index in [0.717, 1.165) is 54.7 Å². The summed E-state index contributed by atoms with van der Waals surface area (Å²) in [5, 5.41) is 6.08. The maximum Gasteiger partial charge on any atom is 0.228 e. The van der Waals surface area contributed by atoms with Crippen molar-refractivity contribution in [2.75, 3.05) is 26.7 Å². The lowest BCUT2D eigenvalue weighted by atomic mass is 9.93. The lowest BCUT2D eigenvalue weighted by Crippen LogP contribution is -2.39. The fourth-order valence-corrected chi connectivity index (χ4v) is 3.80. The van der Waals surface area contributed by atoms with Crippen LogP contribution in [-0.4, -0.2) is 42.5 Å². The van der Waals surface area contributed by atoms with Gasteiger partial charge in [0.05, 0.1) is 18.4 Å². The van der Waals surface area contributed by atoms with Crippen LogP contribution in [0.25, 0.3) is 10.6 Å². The third-order valence-corrected chi connectivity index (χ3v) is 5.36. The number of amides is 1. The Morgan fingerprint density at radius 2 is 2.30 bits per heavy atom. The maximum atomic E-state index is 12.4. The second kappa shape index (κ2) is 7.75. The summed E-state index contributed by atoms with van der Waals surface area (Å²) in [5.74, 6) is 0.944. The highest BCUT2D eigenvalue weighted by molar-refractivity contribution is 7.13. The molecule has 1 saturated heterocycles. The van der Waals surface area contributed by atoms with Crippen molar-refractivity contribution in [2.45, 2.75) is 25.7 Å².